The van der Waals surface area contributed by atoms with E-state index in [9.17, 15) is 4.79 Å². The molecular formula is C19H29ClN2O3S. The fraction of sp³-hybridized carbons (Fsp3) is 0.632. The SMILES string of the molecule is CCCCCCNCCCN1C(=O)CSC1c1ccc2c(c1)OCO2.Cl. The number of carbonyl (C=O) groups is 1. The van der Waals surface area contributed by atoms with E-state index in [4.69, 9.17) is 9.47 Å². The first-order valence-corrected chi connectivity index (χ1v) is 10.4. The number of ether oxygens (including phenoxy) is 2. The van der Waals surface area contributed by atoms with Crippen molar-refractivity contribution in [3.05, 3.63) is 23.8 Å². The monoisotopic (exact) mass is 400 g/mol. The highest BCUT2D eigenvalue weighted by molar-refractivity contribution is 8.00. The Morgan fingerprint density at radius 3 is 2.81 bits per heavy atom. The van der Waals surface area contributed by atoms with Gasteiger partial charge >= 0.3 is 0 Å². The number of hydrogen-bond donors (Lipinski definition) is 1. The molecule has 3 rings (SSSR count). The molecule has 1 N–H and O–H groups in total. The van der Waals surface area contributed by atoms with Gasteiger partial charge in [-0.25, -0.2) is 0 Å². The maximum absolute atomic E-state index is 12.3. The van der Waals surface area contributed by atoms with Gasteiger partial charge in [0.1, 0.15) is 5.37 Å². The first-order chi connectivity index (χ1) is 12.3. The van der Waals surface area contributed by atoms with Crippen LogP contribution in [0.3, 0.4) is 0 Å². The van der Waals surface area contributed by atoms with Crippen LogP contribution in [0.1, 0.15) is 50.0 Å². The minimum Gasteiger partial charge on any atom is -0.454 e. The van der Waals surface area contributed by atoms with Crippen molar-refractivity contribution < 1.29 is 14.3 Å². The molecule has 0 aromatic heterocycles. The molecule has 1 aromatic rings. The number of fused-ring (bicyclic) bond motifs is 1. The fourth-order valence-electron chi connectivity index (χ4n) is 3.21. The van der Waals surface area contributed by atoms with Gasteiger partial charge in [-0.2, -0.15) is 0 Å². The van der Waals surface area contributed by atoms with Gasteiger partial charge in [0.25, 0.3) is 0 Å². The third-order valence-electron chi connectivity index (χ3n) is 4.61. The molecule has 1 amide bonds. The van der Waals surface area contributed by atoms with E-state index < -0.39 is 0 Å². The number of carbonyl (C=O) groups excluding carboxylic acids is 1. The number of nitrogens with one attached hydrogen (secondary N) is 1. The summed E-state index contributed by atoms with van der Waals surface area (Å²) in [4.78, 5) is 14.3. The number of rotatable bonds is 10. The second-order valence-electron chi connectivity index (χ2n) is 6.53. The van der Waals surface area contributed by atoms with E-state index in [0.717, 1.165) is 43.1 Å². The van der Waals surface area contributed by atoms with E-state index in [2.05, 4.69) is 12.2 Å². The van der Waals surface area contributed by atoms with E-state index in [-0.39, 0.29) is 30.5 Å². The molecule has 146 valence electrons. The number of amides is 1. The number of thioether (sulfide) groups is 1. The number of nitrogens with zero attached hydrogens (tertiary/aromatic N) is 1. The van der Waals surface area contributed by atoms with Crippen LogP contribution in [0.5, 0.6) is 11.5 Å². The van der Waals surface area contributed by atoms with Gasteiger partial charge in [0.2, 0.25) is 12.7 Å². The number of benzene rings is 1. The Hall–Kier alpha value is -1.11. The van der Waals surface area contributed by atoms with Gasteiger partial charge in [0.05, 0.1) is 5.75 Å². The third kappa shape index (κ3) is 5.44. The molecule has 0 spiro atoms. The third-order valence-corrected chi connectivity index (χ3v) is 5.87. The van der Waals surface area contributed by atoms with Gasteiger partial charge in [0, 0.05) is 6.54 Å². The molecule has 1 saturated heterocycles. The summed E-state index contributed by atoms with van der Waals surface area (Å²) < 4.78 is 10.8. The molecule has 1 fully saturated rings. The van der Waals surface area contributed by atoms with Gasteiger partial charge in [-0.1, -0.05) is 32.3 Å². The molecule has 2 aliphatic heterocycles. The van der Waals surface area contributed by atoms with Crippen LogP contribution >= 0.6 is 24.2 Å². The summed E-state index contributed by atoms with van der Waals surface area (Å²) in [5.74, 6) is 2.36. The molecule has 26 heavy (non-hydrogen) atoms. The zero-order chi connectivity index (χ0) is 17.5. The van der Waals surface area contributed by atoms with E-state index in [0.29, 0.717) is 5.75 Å². The Bertz CT molecular complexity index is 588. The Morgan fingerprint density at radius 1 is 1.15 bits per heavy atom. The Kier molecular flexibility index (Phi) is 8.88. The Balaban J connectivity index is 0.00000243. The molecular weight excluding hydrogens is 372 g/mol. The van der Waals surface area contributed by atoms with E-state index in [1.54, 1.807) is 11.8 Å². The van der Waals surface area contributed by atoms with Gasteiger partial charge < -0.3 is 19.7 Å². The van der Waals surface area contributed by atoms with Gasteiger partial charge in [-0.3, -0.25) is 4.79 Å². The van der Waals surface area contributed by atoms with Crippen LogP contribution < -0.4 is 14.8 Å². The van der Waals surface area contributed by atoms with Crippen molar-refractivity contribution in [2.45, 2.75) is 44.4 Å². The highest BCUT2D eigenvalue weighted by atomic mass is 35.5. The Morgan fingerprint density at radius 2 is 1.96 bits per heavy atom. The predicted octanol–water partition coefficient (Wildman–Crippen LogP) is 3.97. The fourth-order valence-corrected chi connectivity index (χ4v) is 4.42. The van der Waals surface area contributed by atoms with Crippen LogP contribution in [0.2, 0.25) is 0 Å². The van der Waals surface area contributed by atoms with E-state index in [1.165, 1.54) is 25.7 Å². The number of unbranched alkanes of at least 4 members (excludes halogenated alkanes) is 3. The van der Waals surface area contributed by atoms with Crippen LogP contribution in [-0.4, -0.2) is 43.0 Å². The normalized spacial score (nSPS) is 18.3. The highest BCUT2D eigenvalue weighted by Crippen LogP contribution is 2.42. The maximum atomic E-state index is 12.3. The lowest BCUT2D eigenvalue weighted by Crippen LogP contribution is -2.31. The van der Waals surface area contributed by atoms with Crippen molar-refractivity contribution in [3.63, 3.8) is 0 Å². The Labute approximate surface area is 166 Å². The summed E-state index contributed by atoms with van der Waals surface area (Å²) in [7, 11) is 0. The summed E-state index contributed by atoms with van der Waals surface area (Å²) >= 11 is 1.69. The summed E-state index contributed by atoms with van der Waals surface area (Å²) in [5.41, 5.74) is 1.12. The molecule has 0 bridgehead atoms. The first-order valence-electron chi connectivity index (χ1n) is 9.31. The zero-order valence-corrected chi connectivity index (χ0v) is 17.0. The summed E-state index contributed by atoms with van der Waals surface area (Å²) in [6.45, 7) is 5.36. The van der Waals surface area contributed by atoms with E-state index in [1.807, 2.05) is 23.1 Å². The van der Waals surface area contributed by atoms with Gasteiger partial charge in [0.15, 0.2) is 11.5 Å². The smallest absolute Gasteiger partial charge is 0.233 e. The van der Waals surface area contributed by atoms with Gasteiger partial charge in [-0.15, -0.1) is 24.2 Å². The van der Waals surface area contributed by atoms with Crippen LogP contribution in [0.15, 0.2) is 18.2 Å². The lowest BCUT2D eigenvalue weighted by molar-refractivity contribution is -0.128. The van der Waals surface area contributed by atoms with E-state index >= 15 is 0 Å². The van der Waals surface area contributed by atoms with Crippen LogP contribution in [0, 0.1) is 0 Å². The molecule has 7 heteroatoms. The lowest BCUT2D eigenvalue weighted by Gasteiger charge is -2.24. The van der Waals surface area contributed by atoms with Crippen LogP contribution in [0.4, 0.5) is 0 Å². The largest absolute Gasteiger partial charge is 0.454 e. The predicted molar refractivity (Wildman–Crippen MR) is 108 cm³/mol. The molecule has 1 atom stereocenters. The van der Waals surface area contributed by atoms with Crippen molar-refractivity contribution in [1.29, 1.82) is 0 Å². The minimum absolute atomic E-state index is 0. The molecule has 1 aromatic carbocycles. The van der Waals surface area contributed by atoms with Gasteiger partial charge in [-0.05, 0) is 43.6 Å². The summed E-state index contributed by atoms with van der Waals surface area (Å²) in [6.07, 6.45) is 6.12. The summed E-state index contributed by atoms with van der Waals surface area (Å²) in [5, 5.41) is 3.58. The topological polar surface area (TPSA) is 50.8 Å². The lowest BCUT2D eigenvalue weighted by atomic mass is 10.1. The molecule has 1 unspecified atom stereocenters. The molecule has 2 heterocycles. The zero-order valence-electron chi connectivity index (χ0n) is 15.4. The highest BCUT2D eigenvalue weighted by Gasteiger charge is 2.33. The average molecular weight is 401 g/mol. The van der Waals surface area contributed by atoms with Crippen molar-refractivity contribution in [3.8, 4) is 11.5 Å². The molecule has 2 aliphatic rings. The molecule has 0 saturated carbocycles. The summed E-state index contributed by atoms with van der Waals surface area (Å²) in [6, 6.07) is 6.00. The number of halogens is 1. The number of hydrogen-bond acceptors (Lipinski definition) is 5. The van der Waals surface area contributed by atoms with Crippen molar-refractivity contribution >= 4 is 30.1 Å². The second kappa shape index (κ2) is 10.9. The van der Waals surface area contributed by atoms with Crippen molar-refractivity contribution in [1.82, 2.24) is 10.2 Å². The van der Waals surface area contributed by atoms with Crippen LogP contribution in [0.25, 0.3) is 0 Å². The molecule has 5 nitrogen and oxygen atoms in total. The quantitative estimate of drug-likeness (QED) is 0.602. The van der Waals surface area contributed by atoms with Crippen molar-refractivity contribution in [2.75, 3.05) is 32.2 Å². The molecule has 0 aliphatic carbocycles. The minimum atomic E-state index is 0. The standard InChI is InChI=1S/C19H28N2O3S.ClH/c1-2-3-4-5-9-20-10-6-11-21-18(22)13-25-19(21)15-7-8-16-17(12-15)24-14-23-16;/h7-8,12,19-20H,2-6,9-11,13-14H2,1H3;1H. The second-order valence-corrected chi connectivity index (χ2v) is 7.60. The van der Waals surface area contributed by atoms with Crippen LogP contribution in [-0.2, 0) is 4.79 Å². The maximum Gasteiger partial charge on any atom is 0.233 e. The van der Waals surface area contributed by atoms with Crippen molar-refractivity contribution in [2.24, 2.45) is 0 Å². The molecule has 0 radical (unpaired) electrons. The average Bonchev–Trinajstić information content (AvgIpc) is 3.23. The first kappa shape index (κ1) is 21.2.